The number of carbonyl (C=O) groups is 3. The van der Waals surface area contributed by atoms with Crippen LogP contribution in [0.1, 0.15) is 48.5 Å². The Morgan fingerprint density at radius 1 is 1.29 bits per heavy atom. The van der Waals surface area contributed by atoms with Gasteiger partial charge < -0.3 is 25.3 Å². The SMILES string of the molecule is CC(C)CNC(=O)C(=O)Nc1sc2c(c1C(=O)[O-])CC(C)(C)OC2. The van der Waals surface area contributed by atoms with Gasteiger partial charge in [-0.05, 0) is 25.3 Å². The molecule has 2 heterocycles. The molecule has 0 aromatic carbocycles. The van der Waals surface area contributed by atoms with Crippen LogP contribution in [0, 0.1) is 5.92 Å². The van der Waals surface area contributed by atoms with E-state index in [4.69, 9.17) is 4.74 Å². The van der Waals surface area contributed by atoms with Crippen LogP contribution in [0.2, 0.25) is 0 Å². The minimum absolute atomic E-state index is 0.0589. The molecule has 0 fully saturated rings. The maximum absolute atomic E-state index is 12.0. The van der Waals surface area contributed by atoms with E-state index < -0.39 is 23.4 Å². The molecule has 0 spiro atoms. The number of amides is 2. The summed E-state index contributed by atoms with van der Waals surface area (Å²) in [5.41, 5.74) is 0.0549. The van der Waals surface area contributed by atoms with E-state index in [-0.39, 0.29) is 23.1 Å². The van der Waals surface area contributed by atoms with Gasteiger partial charge in [-0.25, -0.2) is 0 Å². The number of ether oxygens (including phenoxy) is 1. The highest BCUT2D eigenvalue weighted by Gasteiger charge is 2.32. The molecule has 24 heavy (non-hydrogen) atoms. The van der Waals surface area contributed by atoms with Crippen molar-refractivity contribution < 1.29 is 24.2 Å². The molecule has 2 rings (SSSR count). The minimum atomic E-state index is -1.37. The van der Waals surface area contributed by atoms with Gasteiger partial charge in [-0.2, -0.15) is 0 Å². The van der Waals surface area contributed by atoms with E-state index >= 15 is 0 Å². The van der Waals surface area contributed by atoms with Crippen molar-refractivity contribution in [2.45, 2.75) is 46.3 Å². The van der Waals surface area contributed by atoms with Crippen LogP contribution < -0.4 is 15.7 Å². The van der Waals surface area contributed by atoms with Crippen molar-refractivity contribution in [1.29, 1.82) is 0 Å². The Morgan fingerprint density at radius 3 is 2.54 bits per heavy atom. The number of anilines is 1. The molecule has 0 aliphatic carbocycles. The van der Waals surface area contributed by atoms with E-state index in [9.17, 15) is 19.5 Å². The van der Waals surface area contributed by atoms with Crippen molar-refractivity contribution in [3.05, 3.63) is 16.0 Å². The first-order valence-corrected chi connectivity index (χ1v) is 8.51. The quantitative estimate of drug-likeness (QED) is 0.774. The fourth-order valence-electron chi connectivity index (χ4n) is 2.39. The summed E-state index contributed by atoms with van der Waals surface area (Å²) in [5, 5.41) is 16.5. The van der Waals surface area contributed by atoms with Gasteiger partial charge in [0.05, 0.1) is 18.2 Å². The van der Waals surface area contributed by atoms with Crippen molar-refractivity contribution in [2.24, 2.45) is 5.92 Å². The summed E-state index contributed by atoms with van der Waals surface area (Å²) in [4.78, 5) is 36.0. The zero-order valence-corrected chi connectivity index (χ0v) is 15.0. The average molecular weight is 353 g/mol. The van der Waals surface area contributed by atoms with Gasteiger partial charge >= 0.3 is 11.8 Å². The fraction of sp³-hybridized carbons (Fsp3) is 0.562. The van der Waals surface area contributed by atoms with E-state index in [2.05, 4.69) is 10.6 Å². The first-order chi connectivity index (χ1) is 11.1. The molecule has 7 nitrogen and oxygen atoms in total. The third-order valence-electron chi connectivity index (χ3n) is 3.60. The minimum Gasteiger partial charge on any atom is -0.545 e. The van der Waals surface area contributed by atoms with Crippen molar-refractivity contribution in [2.75, 3.05) is 11.9 Å². The van der Waals surface area contributed by atoms with Crippen LogP contribution in [0.4, 0.5) is 5.00 Å². The third kappa shape index (κ3) is 4.12. The number of thiophene rings is 1. The normalized spacial score (nSPS) is 15.7. The Bertz CT molecular complexity index is 678. The van der Waals surface area contributed by atoms with Crippen molar-refractivity contribution >= 4 is 34.1 Å². The van der Waals surface area contributed by atoms with Gasteiger partial charge in [-0.15, -0.1) is 11.3 Å². The molecule has 0 bridgehead atoms. The largest absolute Gasteiger partial charge is 0.545 e. The van der Waals surface area contributed by atoms with Crippen LogP contribution in [0.5, 0.6) is 0 Å². The van der Waals surface area contributed by atoms with Crippen LogP contribution in [0.15, 0.2) is 0 Å². The molecule has 0 atom stereocenters. The lowest BCUT2D eigenvalue weighted by atomic mass is 9.93. The smallest absolute Gasteiger partial charge is 0.314 e. The summed E-state index contributed by atoms with van der Waals surface area (Å²) in [6, 6.07) is 0. The molecular formula is C16H21N2O5S-. The van der Waals surface area contributed by atoms with E-state index in [0.29, 0.717) is 18.5 Å². The number of carboxylic acid groups (broad SMARTS) is 1. The lowest BCUT2D eigenvalue weighted by Gasteiger charge is -2.30. The highest BCUT2D eigenvalue weighted by molar-refractivity contribution is 7.17. The molecule has 1 aromatic heterocycles. The molecule has 1 aliphatic heterocycles. The van der Waals surface area contributed by atoms with Gasteiger partial charge in [0.1, 0.15) is 5.00 Å². The topological polar surface area (TPSA) is 108 Å². The predicted molar refractivity (Wildman–Crippen MR) is 87.7 cm³/mol. The summed E-state index contributed by atoms with van der Waals surface area (Å²) < 4.78 is 5.66. The van der Waals surface area contributed by atoms with Gasteiger partial charge in [0, 0.05) is 23.4 Å². The van der Waals surface area contributed by atoms with Crippen LogP contribution >= 0.6 is 11.3 Å². The predicted octanol–water partition coefficient (Wildman–Crippen LogP) is 0.674. The Kier molecular flexibility index (Phi) is 5.29. The van der Waals surface area contributed by atoms with Crippen LogP contribution in [-0.2, 0) is 27.4 Å². The Labute approximate surface area is 144 Å². The number of carboxylic acids is 1. The maximum Gasteiger partial charge on any atom is 0.314 e. The molecule has 0 radical (unpaired) electrons. The summed E-state index contributed by atoms with van der Waals surface area (Å²) >= 11 is 1.10. The molecule has 0 unspecified atom stereocenters. The van der Waals surface area contributed by atoms with E-state index in [1.807, 2.05) is 27.7 Å². The molecule has 1 aromatic rings. The highest BCUT2D eigenvalue weighted by atomic mass is 32.1. The Balaban J connectivity index is 2.22. The van der Waals surface area contributed by atoms with Crippen molar-refractivity contribution in [3.8, 4) is 0 Å². The van der Waals surface area contributed by atoms with Gasteiger partial charge in [0.15, 0.2) is 0 Å². The molecule has 132 valence electrons. The first-order valence-electron chi connectivity index (χ1n) is 7.69. The number of fused-ring (bicyclic) bond motifs is 1. The van der Waals surface area contributed by atoms with Gasteiger partial charge in [0.2, 0.25) is 0 Å². The molecular weight excluding hydrogens is 332 g/mol. The second-order valence-electron chi connectivity index (χ2n) is 6.78. The zero-order chi connectivity index (χ0) is 18.1. The van der Waals surface area contributed by atoms with Crippen molar-refractivity contribution in [1.82, 2.24) is 5.32 Å². The monoisotopic (exact) mass is 353 g/mol. The fourth-order valence-corrected chi connectivity index (χ4v) is 3.51. The number of carbonyl (C=O) groups excluding carboxylic acids is 3. The number of rotatable bonds is 4. The molecule has 2 amide bonds. The van der Waals surface area contributed by atoms with Gasteiger partial charge in [-0.3, -0.25) is 9.59 Å². The number of nitrogens with one attached hydrogen (secondary N) is 2. The third-order valence-corrected chi connectivity index (χ3v) is 4.72. The number of hydrogen-bond donors (Lipinski definition) is 2. The van der Waals surface area contributed by atoms with Crippen LogP contribution in [0.25, 0.3) is 0 Å². The Hall–Kier alpha value is -1.93. The van der Waals surface area contributed by atoms with E-state index in [1.165, 1.54) is 0 Å². The average Bonchev–Trinajstić information content (AvgIpc) is 2.80. The van der Waals surface area contributed by atoms with Crippen LogP contribution in [0.3, 0.4) is 0 Å². The second kappa shape index (κ2) is 6.90. The van der Waals surface area contributed by atoms with Gasteiger partial charge in [0.25, 0.3) is 0 Å². The van der Waals surface area contributed by atoms with Crippen LogP contribution in [-0.4, -0.2) is 29.9 Å². The number of hydrogen-bond acceptors (Lipinski definition) is 6. The molecule has 0 saturated heterocycles. The molecule has 1 aliphatic rings. The standard InChI is InChI=1S/C16H22N2O5S/c1-8(2)6-17-12(19)13(20)18-14-11(15(21)22)9-5-16(3,4)23-7-10(9)24-14/h8H,5-7H2,1-4H3,(H,17,19)(H,18,20)(H,21,22)/p-1. The molecule has 0 saturated carbocycles. The number of aromatic carboxylic acids is 1. The van der Waals surface area contributed by atoms with E-state index in [0.717, 1.165) is 16.2 Å². The van der Waals surface area contributed by atoms with Gasteiger partial charge in [-0.1, -0.05) is 13.8 Å². The summed E-state index contributed by atoms with van der Waals surface area (Å²) in [5.74, 6) is -2.86. The summed E-state index contributed by atoms with van der Waals surface area (Å²) in [7, 11) is 0. The zero-order valence-electron chi connectivity index (χ0n) is 14.1. The first kappa shape index (κ1) is 18.4. The maximum atomic E-state index is 12.0. The molecule has 8 heteroatoms. The van der Waals surface area contributed by atoms with Crippen molar-refractivity contribution in [3.63, 3.8) is 0 Å². The Morgan fingerprint density at radius 2 is 1.96 bits per heavy atom. The van der Waals surface area contributed by atoms with E-state index in [1.54, 1.807) is 0 Å². The summed E-state index contributed by atoms with van der Waals surface area (Å²) in [6.07, 6.45) is 0.400. The highest BCUT2D eigenvalue weighted by Crippen LogP contribution is 2.40. The summed E-state index contributed by atoms with van der Waals surface area (Å²) in [6.45, 7) is 8.17. The lowest BCUT2D eigenvalue weighted by Crippen LogP contribution is -2.37. The molecule has 2 N–H and O–H groups in total. The lowest BCUT2D eigenvalue weighted by molar-refractivity contribution is -0.255. The second-order valence-corrected chi connectivity index (χ2v) is 7.88.